The molecule has 0 N–H and O–H groups in total. The number of carbonyl (C=O) groups is 3. The molecule has 1 unspecified atom stereocenters. The van der Waals surface area contributed by atoms with Crippen LogP contribution in [0.25, 0.3) is 0 Å². The molecule has 0 bridgehead atoms. The highest BCUT2D eigenvalue weighted by Crippen LogP contribution is 2.15. The van der Waals surface area contributed by atoms with Crippen LogP contribution in [0.2, 0.25) is 0 Å². The largest absolute Gasteiger partial charge is 0.462 e. The quantitative estimate of drug-likeness (QED) is 0.0261. The van der Waals surface area contributed by atoms with E-state index in [1.54, 1.807) is 0 Å². The van der Waals surface area contributed by atoms with Gasteiger partial charge in [-0.15, -0.1) is 0 Å². The summed E-state index contributed by atoms with van der Waals surface area (Å²) < 4.78 is 16.9. The molecule has 0 aromatic carbocycles. The maximum atomic E-state index is 12.9. The second-order valence-electron chi connectivity index (χ2n) is 22.3. The number of unbranched alkanes of at least 4 members (excludes halogenated alkanes) is 26. The maximum Gasteiger partial charge on any atom is 0.306 e. The second-order valence-corrected chi connectivity index (χ2v) is 22.3. The van der Waals surface area contributed by atoms with Crippen LogP contribution < -0.4 is 0 Å². The molecule has 0 aromatic rings. The van der Waals surface area contributed by atoms with Crippen LogP contribution in [-0.2, 0) is 28.6 Å². The van der Waals surface area contributed by atoms with E-state index in [0.717, 1.165) is 128 Å². The van der Waals surface area contributed by atoms with Crippen LogP contribution in [0.4, 0.5) is 0 Å². The lowest BCUT2D eigenvalue weighted by molar-refractivity contribution is -0.167. The van der Waals surface area contributed by atoms with Crippen LogP contribution >= 0.6 is 0 Å². The molecule has 0 aliphatic rings. The smallest absolute Gasteiger partial charge is 0.306 e. The Balaban J connectivity index is 4.41. The summed E-state index contributed by atoms with van der Waals surface area (Å²) in [5.41, 5.74) is 0. The fraction of sp³-hybridized carbons (Fsp3) is 0.649. The molecular weight excluding hydrogens is 1020 g/mol. The van der Waals surface area contributed by atoms with Gasteiger partial charge in [-0.2, -0.15) is 0 Å². The minimum absolute atomic E-state index is 0.101. The molecule has 0 saturated heterocycles. The number of hydrogen-bond donors (Lipinski definition) is 0. The van der Waals surface area contributed by atoms with Crippen molar-refractivity contribution in [3.8, 4) is 0 Å². The van der Waals surface area contributed by atoms with E-state index in [1.807, 2.05) is 0 Å². The highest BCUT2D eigenvalue weighted by Gasteiger charge is 2.19. The molecule has 0 aliphatic carbocycles. The Bertz CT molecular complexity index is 1800. The first-order valence-corrected chi connectivity index (χ1v) is 34.3. The number of allylic oxidation sites excluding steroid dienone is 24. The van der Waals surface area contributed by atoms with Crippen LogP contribution in [0.1, 0.15) is 303 Å². The minimum atomic E-state index is -0.808. The Labute approximate surface area is 512 Å². The van der Waals surface area contributed by atoms with Gasteiger partial charge in [0, 0.05) is 19.3 Å². The summed E-state index contributed by atoms with van der Waals surface area (Å²) in [4.78, 5) is 38.4. The number of rotatable bonds is 61. The molecule has 1 atom stereocenters. The molecule has 470 valence electrons. The first-order chi connectivity index (χ1) is 41.0. The minimum Gasteiger partial charge on any atom is -0.462 e. The standard InChI is InChI=1S/C77H126O6/c1-4-7-10-13-16-19-22-25-28-30-32-33-34-35-36-37-38-39-40-41-42-43-44-45-46-48-49-52-55-58-61-64-67-70-76(79)82-73-74(72-81-75(78)69-66-63-60-57-54-51-27-24-21-18-15-12-9-6-3)83-77(80)71-68-65-62-59-56-53-50-47-31-29-26-23-20-17-14-11-8-5-2/h7,10,16,19,24-25,27-29,31-33,35-36,38-39,41-42,44-45,48-49,55,58,74H,4-6,8-9,11-15,17-18,20-23,26,30,34,37,40,43,46-47,50-54,56-57,59-73H2,1-3H3/b10-7-,19-16-,27-24-,28-25-,31-29-,33-32-,36-35-,39-38-,42-41-,45-44-,49-48-,58-55-. The monoisotopic (exact) mass is 1150 g/mol. The van der Waals surface area contributed by atoms with Crippen LogP contribution in [0, 0.1) is 0 Å². The first kappa shape index (κ1) is 78.3. The van der Waals surface area contributed by atoms with Gasteiger partial charge in [-0.3, -0.25) is 14.4 Å². The molecule has 0 aliphatic heterocycles. The van der Waals surface area contributed by atoms with Crippen LogP contribution in [-0.4, -0.2) is 37.2 Å². The molecule has 0 heterocycles. The topological polar surface area (TPSA) is 78.9 Å². The maximum absolute atomic E-state index is 12.9. The summed E-state index contributed by atoms with van der Waals surface area (Å²) in [6.07, 6.45) is 100. The van der Waals surface area contributed by atoms with Gasteiger partial charge in [-0.1, -0.05) is 282 Å². The van der Waals surface area contributed by atoms with Crippen molar-refractivity contribution in [2.45, 2.75) is 309 Å². The Hall–Kier alpha value is -4.71. The van der Waals surface area contributed by atoms with E-state index in [-0.39, 0.29) is 31.1 Å². The van der Waals surface area contributed by atoms with E-state index in [4.69, 9.17) is 14.2 Å². The first-order valence-electron chi connectivity index (χ1n) is 34.3. The zero-order chi connectivity index (χ0) is 59.9. The third-order valence-corrected chi connectivity index (χ3v) is 14.3. The molecular formula is C77H126O6. The predicted octanol–water partition coefficient (Wildman–Crippen LogP) is 23.9. The van der Waals surface area contributed by atoms with Crippen molar-refractivity contribution >= 4 is 17.9 Å². The summed E-state index contributed by atoms with van der Waals surface area (Å²) in [5.74, 6) is -0.955. The zero-order valence-corrected chi connectivity index (χ0v) is 53.9. The molecule has 0 rings (SSSR count). The van der Waals surface area contributed by atoms with Crippen molar-refractivity contribution in [3.63, 3.8) is 0 Å². The zero-order valence-electron chi connectivity index (χ0n) is 53.9. The van der Waals surface area contributed by atoms with Crippen molar-refractivity contribution in [2.75, 3.05) is 13.2 Å². The van der Waals surface area contributed by atoms with Crippen LogP contribution in [0.5, 0.6) is 0 Å². The molecule has 0 radical (unpaired) electrons. The molecule has 0 saturated carbocycles. The van der Waals surface area contributed by atoms with Gasteiger partial charge in [0.15, 0.2) is 6.10 Å². The lowest BCUT2D eigenvalue weighted by atomic mass is 10.1. The van der Waals surface area contributed by atoms with Gasteiger partial charge < -0.3 is 14.2 Å². The van der Waals surface area contributed by atoms with E-state index < -0.39 is 6.10 Å². The van der Waals surface area contributed by atoms with E-state index in [0.29, 0.717) is 25.7 Å². The lowest BCUT2D eigenvalue weighted by Gasteiger charge is -2.18. The van der Waals surface area contributed by atoms with Gasteiger partial charge in [0.05, 0.1) is 0 Å². The van der Waals surface area contributed by atoms with Crippen molar-refractivity contribution in [3.05, 3.63) is 146 Å². The Morgan fingerprint density at radius 3 is 0.771 bits per heavy atom. The Kier molecular flexibility index (Phi) is 65.8. The van der Waals surface area contributed by atoms with Gasteiger partial charge in [0.25, 0.3) is 0 Å². The summed E-state index contributed by atoms with van der Waals surface area (Å²) in [5, 5.41) is 0. The third-order valence-electron chi connectivity index (χ3n) is 14.3. The molecule has 0 fully saturated rings. The summed E-state index contributed by atoms with van der Waals surface area (Å²) >= 11 is 0. The number of carbonyl (C=O) groups excluding carboxylic acids is 3. The SMILES string of the molecule is CC/C=C\C/C=C\C/C=C\C/C=C\C/C=C\C/C=C\C/C=C\C/C=C\C/C=C\C/C=C\CCCCC(=O)OCC(COC(=O)CCCCCCC/C=C\CCCCCCC)OC(=O)CCCCCCCCC/C=C\CCCCCCCCC. The average molecular weight is 1150 g/mol. The van der Waals surface area contributed by atoms with Crippen molar-refractivity contribution < 1.29 is 28.6 Å². The molecule has 83 heavy (non-hydrogen) atoms. The van der Waals surface area contributed by atoms with Crippen molar-refractivity contribution in [1.82, 2.24) is 0 Å². The van der Waals surface area contributed by atoms with Crippen molar-refractivity contribution in [2.24, 2.45) is 0 Å². The fourth-order valence-corrected chi connectivity index (χ4v) is 9.17. The van der Waals surface area contributed by atoms with E-state index in [2.05, 4.69) is 167 Å². The lowest BCUT2D eigenvalue weighted by Crippen LogP contribution is -2.30. The second kappa shape index (κ2) is 69.8. The highest BCUT2D eigenvalue weighted by atomic mass is 16.6. The van der Waals surface area contributed by atoms with E-state index in [9.17, 15) is 14.4 Å². The van der Waals surface area contributed by atoms with Crippen LogP contribution in [0.3, 0.4) is 0 Å². The highest BCUT2D eigenvalue weighted by molar-refractivity contribution is 5.71. The Morgan fingerprint density at radius 2 is 0.470 bits per heavy atom. The van der Waals surface area contributed by atoms with E-state index >= 15 is 0 Å². The van der Waals surface area contributed by atoms with Gasteiger partial charge in [0.2, 0.25) is 0 Å². The van der Waals surface area contributed by atoms with Gasteiger partial charge in [-0.05, 0) is 148 Å². The molecule has 0 aromatic heterocycles. The fourth-order valence-electron chi connectivity index (χ4n) is 9.17. The van der Waals surface area contributed by atoms with Gasteiger partial charge in [-0.25, -0.2) is 0 Å². The number of ether oxygens (including phenoxy) is 3. The molecule has 0 amide bonds. The van der Waals surface area contributed by atoms with E-state index in [1.165, 1.54) is 128 Å². The van der Waals surface area contributed by atoms with Crippen LogP contribution in [0.15, 0.2) is 146 Å². The number of hydrogen-bond acceptors (Lipinski definition) is 6. The average Bonchev–Trinajstić information content (AvgIpc) is 3.49. The molecule has 6 nitrogen and oxygen atoms in total. The number of esters is 3. The summed E-state index contributed by atoms with van der Waals surface area (Å²) in [6.45, 7) is 6.48. The molecule has 0 spiro atoms. The molecule has 6 heteroatoms. The third kappa shape index (κ3) is 68.0. The normalized spacial score (nSPS) is 13.0. The predicted molar refractivity (Wildman–Crippen MR) is 362 cm³/mol. The Morgan fingerprint density at radius 1 is 0.253 bits per heavy atom. The van der Waals surface area contributed by atoms with Gasteiger partial charge >= 0.3 is 17.9 Å². The van der Waals surface area contributed by atoms with Crippen molar-refractivity contribution in [1.29, 1.82) is 0 Å². The summed E-state index contributed by atoms with van der Waals surface area (Å²) in [6, 6.07) is 0. The summed E-state index contributed by atoms with van der Waals surface area (Å²) in [7, 11) is 0. The van der Waals surface area contributed by atoms with Gasteiger partial charge in [0.1, 0.15) is 13.2 Å².